The third kappa shape index (κ3) is 7.25. The molecule has 0 aromatic heterocycles. The van der Waals surface area contributed by atoms with Crippen molar-refractivity contribution in [3.63, 3.8) is 0 Å². The SMILES string of the molecule is CN=C(NCC(=O)Nc1ccc(F)cc1)NCc1ccc(C)cc1OCC1CCCO1. The summed E-state index contributed by atoms with van der Waals surface area (Å²) < 4.78 is 24.6. The van der Waals surface area contributed by atoms with Crippen LogP contribution in [0.2, 0.25) is 0 Å². The maximum absolute atomic E-state index is 13.0. The molecule has 1 atom stereocenters. The molecule has 1 aliphatic rings. The molecule has 0 aliphatic carbocycles. The van der Waals surface area contributed by atoms with Crippen molar-refractivity contribution < 1.29 is 18.7 Å². The lowest BCUT2D eigenvalue weighted by Gasteiger charge is -2.17. The Balaban J connectivity index is 1.49. The molecule has 166 valence electrons. The predicted octanol–water partition coefficient (Wildman–Crippen LogP) is 3.00. The molecule has 3 N–H and O–H groups in total. The third-order valence-electron chi connectivity index (χ3n) is 4.89. The van der Waals surface area contributed by atoms with Crippen LogP contribution in [-0.4, -0.2) is 44.8 Å². The lowest BCUT2D eigenvalue weighted by Crippen LogP contribution is -2.41. The van der Waals surface area contributed by atoms with Crippen molar-refractivity contribution in [1.29, 1.82) is 0 Å². The lowest BCUT2D eigenvalue weighted by atomic mass is 10.1. The zero-order chi connectivity index (χ0) is 22.1. The average Bonchev–Trinajstić information content (AvgIpc) is 3.28. The van der Waals surface area contributed by atoms with Crippen molar-refractivity contribution in [3.8, 4) is 5.75 Å². The Bertz CT molecular complexity index is 896. The van der Waals surface area contributed by atoms with Gasteiger partial charge in [0.05, 0.1) is 12.6 Å². The normalized spacial score (nSPS) is 16.1. The van der Waals surface area contributed by atoms with Gasteiger partial charge < -0.3 is 25.4 Å². The summed E-state index contributed by atoms with van der Waals surface area (Å²) in [6, 6.07) is 11.7. The van der Waals surface area contributed by atoms with Crippen LogP contribution < -0.4 is 20.7 Å². The predicted molar refractivity (Wildman–Crippen MR) is 119 cm³/mol. The second-order valence-corrected chi connectivity index (χ2v) is 7.39. The van der Waals surface area contributed by atoms with Gasteiger partial charge in [-0.15, -0.1) is 0 Å². The molecular weight excluding hydrogens is 399 g/mol. The monoisotopic (exact) mass is 428 g/mol. The van der Waals surface area contributed by atoms with E-state index in [0.717, 1.165) is 36.3 Å². The number of benzene rings is 2. The second-order valence-electron chi connectivity index (χ2n) is 7.39. The number of ether oxygens (including phenoxy) is 2. The largest absolute Gasteiger partial charge is 0.491 e. The number of aliphatic imine (C=N–C) groups is 1. The van der Waals surface area contributed by atoms with Crippen LogP contribution in [0.4, 0.5) is 10.1 Å². The van der Waals surface area contributed by atoms with E-state index in [-0.39, 0.29) is 24.4 Å². The number of nitrogens with zero attached hydrogens (tertiary/aromatic N) is 1. The highest BCUT2D eigenvalue weighted by molar-refractivity contribution is 5.94. The number of carbonyl (C=O) groups excluding carboxylic acids is 1. The van der Waals surface area contributed by atoms with Crippen LogP contribution in [0.25, 0.3) is 0 Å². The Morgan fingerprint density at radius 1 is 1.23 bits per heavy atom. The van der Waals surface area contributed by atoms with Gasteiger partial charge in [0.2, 0.25) is 5.91 Å². The molecule has 2 aromatic rings. The standard InChI is InChI=1S/C23H29FN4O3/c1-16-5-6-17(21(12-16)31-15-20-4-3-11-30-20)13-26-23(25-2)27-14-22(29)28-19-9-7-18(24)8-10-19/h5-10,12,20H,3-4,11,13-15H2,1-2H3,(H,28,29)(H2,25,26,27). The molecule has 31 heavy (non-hydrogen) atoms. The van der Waals surface area contributed by atoms with Gasteiger partial charge >= 0.3 is 0 Å². The van der Waals surface area contributed by atoms with Crippen LogP contribution in [0.15, 0.2) is 47.5 Å². The van der Waals surface area contributed by atoms with Crippen molar-refractivity contribution >= 4 is 17.6 Å². The third-order valence-corrected chi connectivity index (χ3v) is 4.89. The van der Waals surface area contributed by atoms with Crippen LogP contribution in [0.3, 0.4) is 0 Å². The molecule has 3 rings (SSSR count). The Morgan fingerprint density at radius 2 is 2.03 bits per heavy atom. The van der Waals surface area contributed by atoms with Crippen molar-refractivity contribution in [1.82, 2.24) is 10.6 Å². The summed E-state index contributed by atoms with van der Waals surface area (Å²) in [6.07, 6.45) is 2.25. The van der Waals surface area contributed by atoms with Gasteiger partial charge in [-0.05, 0) is 55.7 Å². The van der Waals surface area contributed by atoms with Crippen molar-refractivity contribution in [2.75, 3.05) is 32.1 Å². The fourth-order valence-electron chi connectivity index (χ4n) is 3.20. The van der Waals surface area contributed by atoms with E-state index in [0.29, 0.717) is 24.8 Å². The molecule has 1 saturated heterocycles. The number of nitrogens with one attached hydrogen (secondary N) is 3. The van der Waals surface area contributed by atoms with Crippen LogP contribution in [-0.2, 0) is 16.1 Å². The molecule has 0 bridgehead atoms. The molecular formula is C23H29FN4O3. The molecule has 0 radical (unpaired) electrons. The number of halogens is 1. The van der Waals surface area contributed by atoms with E-state index in [9.17, 15) is 9.18 Å². The van der Waals surface area contributed by atoms with E-state index in [1.165, 1.54) is 24.3 Å². The highest BCUT2D eigenvalue weighted by Gasteiger charge is 2.17. The van der Waals surface area contributed by atoms with E-state index < -0.39 is 0 Å². The average molecular weight is 429 g/mol. The number of carbonyl (C=O) groups is 1. The fourth-order valence-corrected chi connectivity index (χ4v) is 3.20. The molecule has 1 unspecified atom stereocenters. The summed E-state index contributed by atoms with van der Waals surface area (Å²) in [4.78, 5) is 16.3. The Labute approximate surface area is 182 Å². The molecule has 1 heterocycles. The smallest absolute Gasteiger partial charge is 0.243 e. The number of hydrogen-bond donors (Lipinski definition) is 3. The summed E-state index contributed by atoms with van der Waals surface area (Å²) in [5.41, 5.74) is 2.64. The van der Waals surface area contributed by atoms with Gasteiger partial charge in [-0.2, -0.15) is 0 Å². The molecule has 1 aliphatic heterocycles. The highest BCUT2D eigenvalue weighted by Crippen LogP contribution is 2.22. The Hall–Kier alpha value is -3.13. The van der Waals surface area contributed by atoms with Gasteiger partial charge in [-0.3, -0.25) is 9.79 Å². The van der Waals surface area contributed by atoms with Gasteiger partial charge in [-0.1, -0.05) is 12.1 Å². The quantitative estimate of drug-likeness (QED) is 0.445. The highest BCUT2D eigenvalue weighted by atomic mass is 19.1. The molecule has 8 heteroatoms. The van der Waals surface area contributed by atoms with E-state index in [4.69, 9.17) is 9.47 Å². The van der Waals surface area contributed by atoms with E-state index in [2.05, 4.69) is 20.9 Å². The zero-order valence-corrected chi connectivity index (χ0v) is 17.9. The maximum Gasteiger partial charge on any atom is 0.243 e. The first kappa shape index (κ1) is 22.6. The van der Waals surface area contributed by atoms with Crippen molar-refractivity contribution in [2.24, 2.45) is 4.99 Å². The zero-order valence-electron chi connectivity index (χ0n) is 17.9. The molecule has 7 nitrogen and oxygen atoms in total. The number of guanidine groups is 1. The molecule has 0 spiro atoms. The first-order valence-corrected chi connectivity index (χ1v) is 10.4. The van der Waals surface area contributed by atoms with Crippen LogP contribution in [0.1, 0.15) is 24.0 Å². The first-order chi connectivity index (χ1) is 15.0. The van der Waals surface area contributed by atoms with Gasteiger partial charge in [0.25, 0.3) is 0 Å². The van der Waals surface area contributed by atoms with E-state index in [1.54, 1.807) is 7.05 Å². The van der Waals surface area contributed by atoms with Gasteiger partial charge in [0, 0.05) is 31.5 Å². The summed E-state index contributed by atoms with van der Waals surface area (Å²) in [6.45, 7) is 3.87. The van der Waals surface area contributed by atoms with Crippen molar-refractivity contribution in [3.05, 3.63) is 59.4 Å². The molecule has 2 aromatic carbocycles. The Morgan fingerprint density at radius 3 is 2.74 bits per heavy atom. The first-order valence-electron chi connectivity index (χ1n) is 10.4. The molecule has 1 amide bonds. The fraction of sp³-hybridized carbons (Fsp3) is 0.391. The topological polar surface area (TPSA) is 84.0 Å². The molecule has 1 fully saturated rings. The van der Waals surface area contributed by atoms with Crippen LogP contribution in [0, 0.1) is 12.7 Å². The number of rotatable bonds is 8. The number of amides is 1. The second kappa shape index (κ2) is 11.3. The summed E-state index contributed by atoms with van der Waals surface area (Å²) >= 11 is 0. The minimum atomic E-state index is -0.351. The minimum absolute atomic E-state index is 0.0212. The van der Waals surface area contributed by atoms with E-state index in [1.807, 2.05) is 25.1 Å². The van der Waals surface area contributed by atoms with Gasteiger partial charge in [-0.25, -0.2) is 4.39 Å². The number of aryl methyl sites for hydroxylation is 1. The summed E-state index contributed by atoms with van der Waals surface area (Å²) in [5, 5.41) is 8.87. The summed E-state index contributed by atoms with van der Waals surface area (Å²) in [5.74, 6) is 0.689. The Kier molecular flexibility index (Phi) is 8.23. The molecule has 0 saturated carbocycles. The van der Waals surface area contributed by atoms with Crippen LogP contribution in [0.5, 0.6) is 5.75 Å². The summed E-state index contributed by atoms with van der Waals surface area (Å²) in [7, 11) is 1.64. The maximum atomic E-state index is 13.0. The lowest BCUT2D eigenvalue weighted by molar-refractivity contribution is -0.115. The minimum Gasteiger partial charge on any atom is -0.491 e. The van der Waals surface area contributed by atoms with Gasteiger partial charge in [0.1, 0.15) is 18.2 Å². The number of anilines is 1. The number of hydrogen-bond acceptors (Lipinski definition) is 4. The van der Waals surface area contributed by atoms with Crippen LogP contribution >= 0.6 is 0 Å². The van der Waals surface area contributed by atoms with Crippen molar-refractivity contribution in [2.45, 2.75) is 32.4 Å². The van der Waals surface area contributed by atoms with E-state index >= 15 is 0 Å². The van der Waals surface area contributed by atoms with Gasteiger partial charge in [0.15, 0.2) is 5.96 Å².